The maximum atomic E-state index is 10.5. The van der Waals surface area contributed by atoms with Gasteiger partial charge in [0.15, 0.2) is 0 Å². The van der Waals surface area contributed by atoms with Gasteiger partial charge in [-0.25, -0.2) is 0 Å². The number of nitrogens with zero attached hydrogens (tertiary/aromatic N) is 1. The van der Waals surface area contributed by atoms with Gasteiger partial charge in [-0.3, -0.25) is 4.90 Å². The van der Waals surface area contributed by atoms with E-state index in [2.05, 4.69) is 53.4 Å². The summed E-state index contributed by atoms with van der Waals surface area (Å²) >= 11 is 0. The Bertz CT molecular complexity index is 615. The molecule has 1 unspecified atom stereocenters. The van der Waals surface area contributed by atoms with Crippen LogP contribution in [0, 0.1) is 0 Å². The minimum absolute atomic E-state index is 0.405. The molecule has 1 aliphatic rings. The smallest absolute Gasteiger partial charge is 0.0843 e. The fraction of sp³-hybridized carbons (Fsp3) is 0.400. The van der Waals surface area contributed by atoms with Crippen molar-refractivity contribution in [2.24, 2.45) is 0 Å². The molecule has 2 aromatic carbocycles. The van der Waals surface area contributed by atoms with Gasteiger partial charge in [-0.1, -0.05) is 54.6 Å². The maximum Gasteiger partial charge on any atom is 0.0843 e. The first kappa shape index (κ1) is 15.3. The predicted molar refractivity (Wildman–Crippen MR) is 90.5 cm³/mol. The van der Waals surface area contributed by atoms with Gasteiger partial charge >= 0.3 is 0 Å². The van der Waals surface area contributed by atoms with Gasteiger partial charge < -0.3 is 5.11 Å². The fourth-order valence-corrected chi connectivity index (χ4v) is 3.53. The number of hydrogen-bond donors (Lipinski definition) is 1. The van der Waals surface area contributed by atoms with Crippen LogP contribution >= 0.6 is 0 Å². The monoisotopic (exact) mass is 295 g/mol. The molecule has 0 radical (unpaired) electrons. The molecular weight excluding hydrogens is 270 g/mol. The van der Waals surface area contributed by atoms with Crippen molar-refractivity contribution in [1.29, 1.82) is 0 Å². The molecule has 1 saturated heterocycles. The molecule has 0 aromatic heterocycles. The predicted octanol–water partition coefficient (Wildman–Crippen LogP) is 4.25. The summed E-state index contributed by atoms with van der Waals surface area (Å²) in [6, 6.07) is 19.4. The van der Waals surface area contributed by atoms with E-state index >= 15 is 0 Å². The van der Waals surface area contributed by atoms with Crippen LogP contribution in [0.1, 0.15) is 49.4 Å². The van der Waals surface area contributed by atoms with Crippen LogP contribution in [0.4, 0.5) is 0 Å². The highest BCUT2D eigenvalue weighted by molar-refractivity contribution is 5.34. The highest BCUT2D eigenvalue weighted by Crippen LogP contribution is 2.37. The summed E-state index contributed by atoms with van der Waals surface area (Å²) < 4.78 is 0. The van der Waals surface area contributed by atoms with E-state index in [1.54, 1.807) is 0 Å². The lowest BCUT2D eigenvalue weighted by Gasteiger charge is -2.30. The average Bonchev–Trinajstić information content (AvgIpc) is 2.95. The van der Waals surface area contributed by atoms with E-state index < -0.39 is 5.60 Å². The molecule has 0 aliphatic carbocycles. The third-order valence-electron chi connectivity index (χ3n) is 4.57. The SMILES string of the molecule is CC(C)(O)c1ccccc1C1CCCN1Cc1ccccc1. The Morgan fingerprint density at radius 1 is 1.05 bits per heavy atom. The van der Waals surface area contributed by atoms with Crippen molar-refractivity contribution < 1.29 is 5.11 Å². The summed E-state index contributed by atoms with van der Waals surface area (Å²) in [5.41, 5.74) is 2.90. The highest BCUT2D eigenvalue weighted by Gasteiger charge is 2.30. The lowest BCUT2D eigenvalue weighted by Crippen LogP contribution is -2.26. The minimum Gasteiger partial charge on any atom is -0.386 e. The zero-order valence-corrected chi connectivity index (χ0v) is 13.5. The Balaban J connectivity index is 1.88. The molecular formula is C20H25NO. The molecule has 22 heavy (non-hydrogen) atoms. The van der Waals surface area contributed by atoms with E-state index in [-0.39, 0.29) is 0 Å². The molecule has 0 amide bonds. The van der Waals surface area contributed by atoms with Crippen LogP contribution in [0.15, 0.2) is 54.6 Å². The largest absolute Gasteiger partial charge is 0.386 e. The van der Waals surface area contributed by atoms with Crippen LogP contribution in [-0.2, 0) is 12.1 Å². The number of rotatable bonds is 4. The molecule has 1 N–H and O–H groups in total. The number of aliphatic hydroxyl groups is 1. The second-order valence-corrected chi connectivity index (χ2v) is 6.76. The minimum atomic E-state index is -0.794. The van der Waals surface area contributed by atoms with E-state index in [1.165, 1.54) is 24.0 Å². The Kier molecular flexibility index (Phi) is 4.32. The van der Waals surface area contributed by atoms with E-state index in [4.69, 9.17) is 0 Å². The summed E-state index contributed by atoms with van der Waals surface area (Å²) in [6.07, 6.45) is 2.39. The van der Waals surface area contributed by atoms with E-state index in [9.17, 15) is 5.11 Å². The highest BCUT2D eigenvalue weighted by atomic mass is 16.3. The van der Waals surface area contributed by atoms with Gasteiger partial charge in [0.1, 0.15) is 0 Å². The molecule has 0 bridgehead atoms. The van der Waals surface area contributed by atoms with Gasteiger partial charge in [-0.05, 0) is 49.9 Å². The number of benzene rings is 2. The summed E-state index contributed by atoms with van der Waals surface area (Å²) in [5, 5.41) is 10.5. The Labute approximate surface area is 133 Å². The van der Waals surface area contributed by atoms with E-state index in [0.29, 0.717) is 6.04 Å². The summed E-state index contributed by atoms with van der Waals surface area (Å²) in [5.74, 6) is 0. The first-order valence-corrected chi connectivity index (χ1v) is 8.15. The molecule has 1 fully saturated rings. The van der Waals surface area contributed by atoms with Gasteiger partial charge in [0.25, 0.3) is 0 Å². The molecule has 3 rings (SSSR count). The first-order valence-electron chi connectivity index (χ1n) is 8.15. The third kappa shape index (κ3) is 3.23. The normalized spacial score (nSPS) is 19.5. The fourth-order valence-electron chi connectivity index (χ4n) is 3.53. The summed E-state index contributed by atoms with van der Waals surface area (Å²) in [4.78, 5) is 2.54. The molecule has 2 heteroatoms. The van der Waals surface area contributed by atoms with Crippen LogP contribution in [0.25, 0.3) is 0 Å². The average molecular weight is 295 g/mol. The second kappa shape index (κ2) is 6.23. The summed E-state index contributed by atoms with van der Waals surface area (Å²) in [6.45, 7) is 5.86. The quantitative estimate of drug-likeness (QED) is 0.911. The standard InChI is InChI=1S/C20H25NO/c1-20(2,22)18-12-7-6-11-17(18)19-13-8-14-21(19)15-16-9-4-3-5-10-16/h3-7,9-12,19,22H,8,13-15H2,1-2H3. The molecule has 1 aliphatic heterocycles. The molecule has 1 atom stereocenters. The maximum absolute atomic E-state index is 10.5. The van der Waals surface area contributed by atoms with Crippen molar-refractivity contribution in [2.75, 3.05) is 6.54 Å². The first-order chi connectivity index (χ1) is 10.6. The molecule has 2 aromatic rings. The van der Waals surface area contributed by atoms with E-state index in [1.807, 2.05) is 19.9 Å². The Morgan fingerprint density at radius 2 is 1.73 bits per heavy atom. The Hall–Kier alpha value is -1.64. The zero-order chi connectivity index (χ0) is 15.6. The van der Waals surface area contributed by atoms with Gasteiger partial charge in [0.2, 0.25) is 0 Å². The van der Waals surface area contributed by atoms with Crippen molar-refractivity contribution >= 4 is 0 Å². The molecule has 0 spiro atoms. The number of hydrogen-bond acceptors (Lipinski definition) is 2. The van der Waals surface area contributed by atoms with Crippen molar-refractivity contribution in [3.05, 3.63) is 71.3 Å². The second-order valence-electron chi connectivity index (χ2n) is 6.76. The van der Waals surface area contributed by atoms with E-state index in [0.717, 1.165) is 18.7 Å². The molecule has 0 saturated carbocycles. The van der Waals surface area contributed by atoms with Gasteiger partial charge in [0, 0.05) is 12.6 Å². The molecule has 1 heterocycles. The van der Waals surface area contributed by atoms with Crippen LogP contribution in [0.5, 0.6) is 0 Å². The van der Waals surface area contributed by atoms with Crippen molar-refractivity contribution in [1.82, 2.24) is 4.90 Å². The lowest BCUT2D eigenvalue weighted by molar-refractivity contribution is 0.0757. The zero-order valence-electron chi connectivity index (χ0n) is 13.5. The van der Waals surface area contributed by atoms with Crippen molar-refractivity contribution in [2.45, 2.75) is 44.9 Å². The third-order valence-corrected chi connectivity index (χ3v) is 4.57. The van der Waals surface area contributed by atoms with Crippen LogP contribution < -0.4 is 0 Å². The van der Waals surface area contributed by atoms with Crippen LogP contribution in [-0.4, -0.2) is 16.6 Å². The van der Waals surface area contributed by atoms with Gasteiger partial charge in [-0.2, -0.15) is 0 Å². The van der Waals surface area contributed by atoms with Crippen LogP contribution in [0.3, 0.4) is 0 Å². The lowest BCUT2D eigenvalue weighted by atomic mass is 9.89. The topological polar surface area (TPSA) is 23.5 Å². The van der Waals surface area contributed by atoms with Gasteiger partial charge in [0.05, 0.1) is 5.60 Å². The van der Waals surface area contributed by atoms with Crippen molar-refractivity contribution in [3.63, 3.8) is 0 Å². The summed E-state index contributed by atoms with van der Waals surface area (Å²) in [7, 11) is 0. The molecule has 116 valence electrons. The van der Waals surface area contributed by atoms with Crippen LogP contribution in [0.2, 0.25) is 0 Å². The van der Waals surface area contributed by atoms with Crippen molar-refractivity contribution in [3.8, 4) is 0 Å². The number of likely N-dealkylation sites (tertiary alicyclic amines) is 1. The molecule has 2 nitrogen and oxygen atoms in total. The van der Waals surface area contributed by atoms with Gasteiger partial charge in [-0.15, -0.1) is 0 Å². The Morgan fingerprint density at radius 3 is 2.45 bits per heavy atom.